The highest BCUT2D eigenvalue weighted by molar-refractivity contribution is 5.49. The average Bonchev–Trinajstić information content (AvgIpc) is 3.23. The van der Waals surface area contributed by atoms with Gasteiger partial charge in [0.15, 0.2) is 0 Å². The maximum absolute atomic E-state index is 5.80. The number of ether oxygens (including phenoxy) is 2. The van der Waals surface area contributed by atoms with E-state index in [0.717, 1.165) is 19.0 Å². The van der Waals surface area contributed by atoms with E-state index in [1.165, 1.54) is 12.8 Å². The van der Waals surface area contributed by atoms with Crippen LogP contribution < -0.4 is 15.2 Å². The van der Waals surface area contributed by atoms with Crippen LogP contribution in [0, 0.1) is 0 Å². The van der Waals surface area contributed by atoms with Crippen molar-refractivity contribution in [2.24, 2.45) is 0 Å². The summed E-state index contributed by atoms with van der Waals surface area (Å²) in [5.74, 6) is 1.04. The summed E-state index contributed by atoms with van der Waals surface area (Å²) >= 11 is 0. The molecule has 0 unspecified atom stereocenters. The Balaban J connectivity index is 1.81. The summed E-state index contributed by atoms with van der Waals surface area (Å²) in [5, 5.41) is 0. The molecule has 0 radical (unpaired) electrons. The zero-order valence-corrected chi connectivity index (χ0v) is 11.8. The Morgan fingerprint density at radius 2 is 2.11 bits per heavy atom. The van der Waals surface area contributed by atoms with E-state index in [0.29, 0.717) is 30.7 Å². The molecular formula is C14H23N3O2. The quantitative estimate of drug-likeness (QED) is 0.778. The van der Waals surface area contributed by atoms with Crippen LogP contribution in [0.2, 0.25) is 0 Å². The predicted octanol–water partition coefficient (Wildman–Crippen LogP) is 1.93. The number of nitrogens with two attached hydrogens (primary N) is 1. The average molecular weight is 265 g/mol. The summed E-state index contributed by atoms with van der Waals surface area (Å²) in [6.45, 7) is 4.22. The van der Waals surface area contributed by atoms with Crippen molar-refractivity contribution in [2.75, 3.05) is 32.5 Å². The van der Waals surface area contributed by atoms with E-state index < -0.39 is 0 Å². The number of aromatic nitrogens is 1. The van der Waals surface area contributed by atoms with Crippen molar-refractivity contribution in [1.29, 1.82) is 0 Å². The maximum Gasteiger partial charge on any atom is 0.240 e. The molecule has 2 rings (SSSR count). The maximum atomic E-state index is 5.80. The number of likely N-dealkylation sites (N-methyl/N-ethyl adjacent to an activating group) is 1. The first-order valence-electron chi connectivity index (χ1n) is 6.93. The monoisotopic (exact) mass is 265 g/mol. The molecule has 0 aromatic carbocycles. The number of nitrogens with zero attached hydrogens (tertiary/aromatic N) is 2. The molecule has 5 nitrogen and oxygen atoms in total. The second-order valence-corrected chi connectivity index (χ2v) is 4.95. The van der Waals surface area contributed by atoms with Gasteiger partial charge >= 0.3 is 0 Å². The Labute approximate surface area is 114 Å². The molecule has 5 heteroatoms. The van der Waals surface area contributed by atoms with Gasteiger partial charge in [0.05, 0.1) is 12.3 Å². The van der Waals surface area contributed by atoms with Gasteiger partial charge in [-0.1, -0.05) is 6.92 Å². The summed E-state index contributed by atoms with van der Waals surface area (Å²) in [5.41, 5.74) is 6.36. The van der Waals surface area contributed by atoms with Crippen LogP contribution in [-0.4, -0.2) is 42.7 Å². The minimum atomic E-state index is 0.467. The van der Waals surface area contributed by atoms with E-state index in [1.54, 1.807) is 12.1 Å². The molecule has 1 aliphatic rings. The molecule has 1 aromatic heterocycles. The molecule has 106 valence electrons. The van der Waals surface area contributed by atoms with Gasteiger partial charge in [0, 0.05) is 18.7 Å². The van der Waals surface area contributed by atoms with Gasteiger partial charge in [-0.2, -0.15) is 4.98 Å². The molecule has 1 saturated carbocycles. The molecule has 0 spiro atoms. The van der Waals surface area contributed by atoms with Gasteiger partial charge in [0.25, 0.3) is 0 Å². The largest absolute Gasteiger partial charge is 0.476 e. The molecule has 19 heavy (non-hydrogen) atoms. The Morgan fingerprint density at radius 3 is 2.79 bits per heavy atom. The highest BCUT2D eigenvalue weighted by Crippen LogP contribution is 2.25. The smallest absolute Gasteiger partial charge is 0.240 e. The number of pyridine rings is 1. The summed E-state index contributed by atoms with van der Waals surface area (Å²) < 4.78 is 11.1. The van der Waals surface area contributed by atoms with E-state index >= 15 is 0 Å². The molecule has 1 heterocycles. The first-order chi connectivity index (χ1) is 9.20. The lowest BCUT2D eigenvalue weighted by Gasteiger charge is -2.16. The first-order valence-corrected chi connectivity index (χ1v) is 6.93. The number of hydrogen-bond donors (Lipinski definition) is 1. The molecule has 0 saturated heterocycles. The molecule has 1 aromatic rings. The molecular weight excluding hydrogens is 242 g/mol. The van der Waals surface area contributed by atoms with Gasteiger partial charge in [-0.05, 0) is 32.4 Å². The van der Waals surface area contributed by atoms with E-state index in [1.807, 2.05) is 6.92 Å². The van der Waals surface area contributed by atoms with Crippen molar-refractivity contribution >= 4 is 5.69 Å². The third-order valence-corrected chi connectivity index (χ3v) is 3.17. The molecule has 1 fully saturated rings. The molecule has 1 aliphatic carbocycles. The molecule has 2 N–H and O–H groups in total. The third-order valence-electron chi connectivity index (χ3n) is 3.17. The van der Waals surface area contributed by atoms with Crippen molar-refractivity contribution in [3.05, 3.63) is 12.1 Å². The Kier molecular flexibility index (Phi) is 4.85. The fourth-order valence-electron chi connectivity index (χ4n) is 1.82. The fraction of sp³-hybridized carbons (Fsp3) is 0.643. The van der Waals surface area contributed by atoms with Gasteiger partial charge in [0.2, 0.25) is 11.8 Å². The Hall–Kier alpha value is -1.49. The van der Waals surface area contributed by atoms with E-state index in [9.17, 15) is 0 Å². The van der Waals surface area contributed by atoms with Crippen molar-refractivity contribution < 1.29 is 9.47 Å². The second-order valence-electron chi connectivity index (χ2n) is 4.95. The summed E-state index contributed by atoms with van der Waals surface area (Å²) in [6, 6.07) is 4.31. The van der Waals surface area contributed by atoms with Gasteiger partial charge < -0.3 is 20.1 Å². The highest BCUT2D eigenvalue weighted by Gasteiger charge is 2.25. The van der Waals surface area contributed by atoms with Crippen LogP contribution in [0.3, 0.4) is 0 Å². The lowest BCUT2D eigenvalue weighted by atomic mass is 10.4. The SMILES string of the molecule is CCCOc1nc(OCCN(C)C2CC2)ccc1N. The van der Waals surface area contributed by atoms with Gasteiger partial charge in [-0.3, -0.25) is 0 Å². The summed E-state index contributed by atoms with van der Waals surface area (Å²) in [7, 11) is 2.13. The van der Waals surface area contributed by atoms with Gasteiger partial charge in [0.1, 0.15) is 6.61 Å². The van der Waals surface area contributed by atoms with Crippen LogP contribution in [0.1, 0.15) is 26.2 Å². The zero-order valence-electron chi connectivity index (χ0n) is 11.8. The molecule has 0 bridgehead atoms. The van der Waals surface area contributed by atoms with Crippen LogP contribution in [0.5, 0.6) is 11.8 Å². The third kappa shape index (κ3) is 4.28. The van der Waals surface area contributed by atoms with E-state index in [4.69, 9.17) is 15.2 Å². The minimum Gasteiger partial charge on any atom is -0.476 e. The number of hydrogen-bond acceptors (Lipinski definition) is 5. The second kappa shape index (κ2) is 6.61. The lowest BCUT2D eigenvalue weighted by molar-refractivity contribution is 0.223. The van der Waals surface area contributed by atoms with Crippen LogP contribution in [0.15, 0.2) is 12.1 Å². The first kappa shape index (κ1) is 13.9. The summed E-state index contributed by atoms with van der Waals surface area (Å²) in [6.07, 6.45) is 3.55. The van der Waals surface area contributed by atoms with Gasteiger partial charge in [-0.15, -0.1) is 0 Å². The molecule has 0 amide bonds. The van der Waals surface area contributed by atoms with Crippen LogP contribution in [0.25, 0.3) is 0 Å². The van der Waals surface area contributed by atoms with Crippen LogP contribution in [-0.2, 0) is 0 Å². The predicted molar refractivity (Wildman–Crippen MR) is 75.6 cm³/mol. The topological polar surface area (TPSA) is 60.6 Å². The standard InChI is InChI=1S/C14H23N3O2/c1-3-9-19-14-12(15)6-7-13(16-14)18-10-8-17(2)11-4-5-11/h6-7,11H,3-5,8-10,15H2,1-2H3. The normalized spacial score (nSPS) is 14.7. The highest BCUT2D eigenvalue weighted by atomic mass is 16.5. The van der Waals surface area contributed by atoms with Crippen molar-refractivity contribution in [1.82, 2.24) is 9.88 Å². The number of rotatable bonds is 8. The van der Waals surface area contributed by atoms with E-state index in [2.05, 4.69) is 16.9 Å². The number of anilines is 1. The minimum absolute atomic E-state index is 0.467. The lowest BCUT2D eigenvalue weighted by Crippen LogP contribution is -2.26. The molecule has 0 aliphatic heterocycles. The van der Waals surface area contributed by atoms with Crippen LogP contribution in [0.4, 0.5) is 5.69 Å². The summed E-state index contributed by atoms with van der Waals surface area (Å²) in [4.78, 5) is 6.60. The Bertz CT molecular complexity index is 408. The molecule has 0 atom stereocenters. The van der Waals surface area contributed by atoms with Crippen molar-refractivity contribution in [3.63, 3.8) is 0 Å². The fourth-order valence-corrected chi connectivity index (χ4v) is 1.82. The zero-order chi connectivity index (χ0) is 13.7. The number of nitrogen functional groups attached to an aromatic ring is 1. The Morgan fingerprint density at radius 1 is 1.32 bits per heavy atom. The van der Waals surface area contributed by atoms with Crippen LogP contribution >= 0.6 is 0 Å². The van der Waals surface area contributed by atoms with Crippen molar-refractivity contribution in [2.45, 2.75) is 32.2 Å². The van der Waals surface area contributed by atoms with Crippen molar-refractivity contribution in [3.8, 4) is 11.8 Å². The van der Waals surface area contributed by atoms with E-state index in [-0.39, 0.29) is 0 Å². The van der Waals surface area contributed by atoms with Gasteiger partial charge in [-0.25, -0.2) is 0 Å².